The smallest absolute Gasteiger partial charge is 0.323 e. The van der Waals surface area contributed by atoms with Crippen LogP contribution in [-0.4, -0.2) is 34.8 Å². The topological polar surface area (TPSA) is 74.7 Å². The van der Waals surface area contributed by atoms with E-state index in [1.54, 1.807) is 12.1 Å². The number of aryl methyl sites for hydroxylation is 1. The Kier molecular flexibility index (Phi) is 6.25. The van der Waals surface area contributed by atoms with Gasteiger partial charge in [-0.2, -0.15) is 0 Å². The molecule has 2 amide bonds. The predicted molar refractivity (Wildman–Crippen MR) is 84.8 cm³/mol. The predicted octanol–water partition coefficient (Wildman–Crippen LogP) is 2.86. The SMILES string of the molecule is CC.Cc1cccc2cccc(C(=O)N(C=O)CC(=O)O)c12. The van der Waals surface area contributed by atoms with Crippen LogP contribution in [0.5, 0.6) is 0 Å². The lowest BCUT2D eigenvalue weighted by molar-refractivity contribution is -0.139. The molecule has 0 radical (unpaired) electrons. The van der Waals surface area contributed by atoms with E-state index >= 15 is 0 Å². The van der Waals surface area contributed by atoms with Crippen LogP contribution in [0.25, 0.3) is 10.8 Å². The van der Waals surface area contributed by atoms with Gasteiger partial charge in [0, 0.05) is 5.56 Å². The highest BCUT2D eigenvalue weighted by atomic mass is 16.4. The summed E-state index contributed by atoms with van der Waals surface area (Å²) in [4.78, 5) is 34.6. The zero-order valence-electron chi connectivity index (χ0n) is 12.9. The summed E-state index contributed by atoms with van der Waals surface area (Å²) in [7, 11) is 0. The van der Waals surface area contributed by atoms with Crippen LogP contribution in [0.1, 0.15) is 29.8 Å². The van der Waals surface area contributed by atoms with Gasteiger partial charge in [0.2, 0.25) is 6.41 Å². The number of amides is 2. The summed E-state index contributed by atoms with van der Waals surface area (Å²) in [6.45, 7) is 5.21. The molecule has 0 aliphatic heterocycles. The van der Waals surface area contributed by atoms with Crippen LogP contribution in [-0.2, 0) is 9.59 Å². The molecular formula is C17H19NO4. The van der Waals surface area contributed by atoms with Gasteiger partial charge < -0.3 is 5.11 Å². The molecule has 116 valence electrons. The molecule has 0 atom stereocenters. The number of carbonyl (C=O) groups is 3. The molecule has 0 bridgehead atoms. The molecule has 1 N–H and O–H groups in total. The first-order valence-electron chi connectivity index (χ1n) is 7.01. The van der Waals surface area contributed by atoms with E-state index in [2.05, 4.69) is 0 Å². The number of benzene rings is 2. The first kappa shape index (κ1) is 17.4. The van der Waals surface area contributed by atoms with Gasteiger partial charge in [0.25, 0.3) is 5.91 Å². The molecule has 0 aliphatic carbocycles. The number of hydrogen-bond acceptors (Lipinski definition) is 3. The van der Waals surface area contributed by atoms with Crippen LogP contribution in [0, 0.1) is 6.92 Å². The lowest BCUT2D eigenvalue weighted by Crippen LogP contribution is -2.34. The molecule has 5 heteroatoms. The van der Waals surface area contributed by atoms with Crippen molar-refractivity contribution in [2.45, 2.75) is 20.8 Å². The summed E-state index contributed by atoms with van der Waals surface area (Å²) < 4.78 is 0. The average Bonchev–Trinajstić information content (AvgIpc) is 2.53. The minimum Gasteiger partial charge on any atom is -0.480 e. The molecule has 2 rings (SSSR count). The highest BCUT2D eigenvalue weighted by molar-refractivity contribution is 6.11. The fourth-order valence-corrected chi connectivity index (χ4v) is 2.16. The summed E-state index contributed by atoms with van der Waals surface area (Å²) in [5.41, 5.74) is 1.22. The van der Waals surface area contributed by atoms with Crippen molar-refractivity contribution in [3.05, 3.63) is 47.5 Å². The van der Waals surface area contributed by atoms with Crippen LogP contribution in [0.2, 0.25) is 0 Å². The van der Waals surface area contributed by atoms with Crippen molar-refractivity contribution in [3.8, 4) is 0 Å². The van der Waals surface area contributed by atoms with E-state index in [-0.39, 0.29) is 6.41 Å². The lowest BCUT2D eigenvalue weighted by atomic mass is 9.99. The van der Waals surface area contributed by atoms with Gasteiger partial charge >= 0.3 is 5.97 Å². The molecule has 2 aromatic carbocycles. The number of carboxylic acid groups (broad SMARTS) is 1. The zero-order chi connectivity index (χ0) is 16.7. The Balaban J connectivity index is 0.00000116. The Morgan fingerprint density at radius 3 is 2.27 bits per heavy atom. The van der Waals surface area contributed by atoms with Crippen molar-refractivity contribution in [3.63, 3.8) is 0 Å². The highest BCUT2D eigenvalue weighted by Gasteiger charge is 2.20. The van der Waals surface area contributed by atoms with Crippen LogP contribution in [0.4, 0.5) is 0 Å². The van der Waals surface area contributed by atoms with Gasteiger partial charge in [-0.25, -0.2) is 0 Å². The lowest BCUT2D eigenvalue weighted by Gasteiger charge is -2.15. The van der Waals surface area contributed by atoms with Crippen LogP contribution >= 0.6 is 0 Å². The molecule has 0 heterocycles. The van der Waals surface area contributed by atoms with Gasteiger partial charge in [-0.1, -0.05) is 44.2 Å². The number of imide groups is 1. The highest BCUT2D eigenvalue weighted by Crippen LogP contribution is 2.23. The van der Waals surface area contributed by atoms with Gasteiger partial charge in [-0.15, -0.1) is 0 Å². The van der Waals surface area contributed by atoms with E-state index in [1.165, 1.54) is 0 Å². The molecule has 0 fully saturated rings. The number of fused-ring (bicyclic) bond motifs is 1. The van der Waals surface area contributed by atoms with E-state index in [1.807, 2.05) is 45.0 Å². The monoisotopic (exact) mass is 301 g/mol. The number of carbonyl (C=O) groups excluding carboxylic acids is 2. The maximum atomic E-state index is 12.3. The first-order valence-corrected chi connectivity index (χ1v) is 7.01. The van der Waals surface area contributed by atoms with Crippen LogP contribution in [0.15, 0.2) is 36.4 Å². The third-order valence-corrected chi connectivity index (χ3v) is 3.04. The van der Waals surface area contributed by atoms with E-state index in [9.17, 15) is 14.4 Å². The summed E-state index contributed by atoms with van der Waals surface area (Å²) in [6, 6.07) is 10.8. The average molecular weight is 301 g/mol. The number of rotatable bonds is 4. The van der Waals surface area contributed by atoms with Crippen LogP contribution < -0.4 is 0 Å². The zero-order valence-corrected chi connectivity index (χ0v) is 12.9. The largest absolute Gasteiger partial charge is 0.480 e. The standard InChI is InChI=1S/C15H13NO4.C2H6/c1-10-4-2-5-11-6-3-7-12(14(10)11)15(20)16(9-17)8-13(18)19;1-2/h2-7,9H,8H2,1H3,(H,18,19);1-2H3. The summed E-state index contributed by atoms with van der Waals surface area (Å²) in [6.07, 6.45) is 0.244. The van der Waals surface area contributed by atoms with E-state index in [0.717, 1.165) is 16.3 Å². The second-order valence-electron chi connectivity index (χ2n) is 4.41. The van der Waals surface area contributed by atoms with Gasteiger partial charge in [-0.3, -0.25) is 19.3 Å². The van der Waals surface area contributed by atoms with E-state index in [4.69, 9.17) is 5.11 Å². The van der Waals surface area contributed by atoms with E-state index < -0.39 is 18.4 Å². The van der Waals surface area contributed by atoms with Crippen molar-refractivity contribution in [2.24, 2.45) is 0 Å². The molecule has 0 saturated carbocycles. The van der Waals surface area contributed by atoms with Gasteiger partial charge in [-0.05, 0) is 29.3 Å². The number of hydrogen-bond donors (Lipinski definition) is 1. The van der Waals surface area contributed by atoms with Gasteiger partial charge in [0.1, 0.15) is 6.54 Å². The number of aliphatic carboxylic acids is 1. The Labute approximate surface area is 129 Å². The second-order valence-corrected chi connectivity index (χ2v) is 4.41. The molecule has 5 nitrogen and oxygen atoms in total. The minimum atomic E-state index is -1.23. The maximum Gasteiger partial charge on any atom is 0.323 e. The third-order valence-electron chi connectivity index (χ3n) is 3.04. The van der Waals surface area contributed by atoms with Crippen molar-refractivity contribution in [1.29, 1.82) is 0 Å². The second kappa shape index (κ2) is 7.93. The Hall–Kier alpha value is -2.69. The summed E-state index contributed by atoms with van der Waals surface area (Å²) in [5.74, 6) is -1.84. The fourth-order valence-electron chi connectivity index (χ4n) is 2.16. The summed E-state index contributed by atoms with van der Waals surface area (Å²) >= 11 is 0. The van der Waals surface area contributed by atoms with Crippen molar-refractivity contribution < 1.29 is 19.5 Å². The molecule has 22 heavy (non-hydrogen) atoms. The Morgan fingerprint density at radius 2 is 1.73 bits per heavy atom. The quantitative estimate of drug-likeness (QED) is 0.881. The van der Waals surface area contributed by atoms with Crippen molar-refractivity contribution in [1.82, 2.24) is 4.90 Å². The first-order chi connectivity index (χ1) is 10.5. The van der Waals surface area contributed by atoms with Gasteiger partial charge in [0.15, 0.2) is 0 Å². The Morgan fingerprint density at radius 1 is 1.14 bits per heavy atom. The third kappa shape index (κ3) is 3.69. The molecule has 0 spiro atoms. The molecule has 0 saturated heterocycles. The molecule has 0 unspecified atom stereocenters. The molecule has 0 aliphatic rings. The number of carboxylic acids is 1. The van der Waals surface area contributed by atoms with Crippen LogP contribution in [0.3, 0.4) is 0 Å². The number of nitrogens with zero attached hydrogens (tertiary/aromatic N) is 1. The molecule has 0 aromatic heterocycles. The van der Waals surface area contributed by atoms with Gasteiger partial charge in [0.05, 0.1) is 0 Å². The molecular weight excluding hydrogens is 282 g/mol. The summed E-state index contributed by atoms with van der Waals surface area (Å²) in [5, 5.41) is 10.3. The fraction of sp³-hybridized carbons (Fsp3) is 0.235. The maximum absolute atomic E-state index is 12.3. The van der Waals surface area contributed by atoms with Crippen molar-refractivity contribution in [2.75, 3.05) is 6.54 Å². The van der Waals surface area contributed by atoms with Crippen molar-refractivity contribution >= 4 is 29.1 Å². The Bertz CT molecular complexity index is 689. The minimum absolute atomic E-state index is 0.244. The molecule has 2 aromatic rings. The normalized spacial score (nSPS) is 9.59. The van der Waals surface area contributed by atoms with E-state index in [0.29, 0.717) is 10.5 Å².